The van der Waals surface area contributed by atoms with E-state index >= 15 is 0 Å². The molecule has 8 heteroatoms. The molecule has 0 aromatic heterocycles. The van der Waals surface area contributed by atoms with Crippen molar-refractivity contribution < 1.29 is 17.6 Å². The highest BCUT2D eigenvalue weighted by Gasteiger charge is 2.29. The molecule has 1 fully saturated rings. The molecule has 2 aromatic rings. The highest BCUT2D eigenvalue weighted by molar-refractivity contribution is 7.99. The maximum absolute atomic E-state index is 14.2. The zero-order valence-corrected chi connectivity index (χ0v) is 17.1. The van der Waals surface area contributed by atoms with Gasteiger partial charge in [-0.1, -0.05) is 24.6 Å². The summed E-state index contributed by atoms with van der Waals surface area (Å²) < 4.78 is 41.0. The first-order chi connectivity index (χ1) is 13.5. The quantitative estimate of drug-likeness (QED) is 0.548. The summed E-state index contributed by atoms with van der Waals surface area (Å²) in [5.74, 6) is -0.568. The lowest BCUT2D eigenvalue weighted by Crippen LogP contribution is -2.36. The van der Waals surface area contributed by atoms with Gasteiger partial charge >= 0.3 is 0 Å². The van der Waals surface area contributed by atoms with Gasteiger partial charge < -0.3 is 5.32 Å². The summed E-state index contributed by atoms with van der Waals surface area (Å²) in [7, 11) is -3.94. The van der Waals surface area contributed by atoms with Crippen molar-refractivity contribution >= 4 is 27.7 Å². The van der Waals surface area contributed by atoms with Crippen LogP contribution in [0.3, 0.4) is 0 Å². The standard InChI is InChI=1S/C20H23FN2O3S2/c21-18-10-9-16(15-19(18)28(25,26)23-12-5-2-6-13-23)20(24)22-11-14-27-17-7-3-1-4-8-17/h1,3-4,7-10,15H,2,5-6,11-14H2,(H,22,24). The summed E-state index contributed by atoms with van der Waals surface area (Å²) in [4.78, 5) is 13.0. The Hall–Kier alpha value is -1.90. The second-order valence-corrected chi connectivity index (χ2v) is 9.60. The third kappa shape index (κ3) is 5.12. The molecule has 3 rings (SSSR count). The van der Waals surface area contributed by atoms with Gasteiger partial charge in [0.1, 0.15) is 10.7 Å². The van der Waals surface area contributed by atoms with E-state index < -0.39 is 26.6 Å². The van der Waals surface area contributed by atoms with Gasteiger partial charge in [0.05, 0.1) is 0 Å². The highest BCUT2D eigenvalue weighted by Crippen LogP contribution is 2.24. The number of hydrogen-bond acceptors (Lipinski definition) is 4. The molecule has 1 amide bonds. The van der Waals surface area contributed by atoms with Gasteiger partial charge in [-0.25, -0.2) is 12.8 Å². The van der Waals surface area contributed by atoms with Gasteiger partial charge in [0.25, 0.3) is 5.91 Å². The Kier molecular flexibility index (Phi) is 7.09. The molecule has 0 bridgehead atoms. The van der Waals surface area contributed by atoms with Crippen LogP contribution in [0.15, 0.2) is 58.3 Å². The van der Waals surface area contributed by atoms with Crippen LogP contribution in [-0.2, 0) is 10.0 Å². The zero-order valence-electron chi connectivity index (χ0n) is 15.4. The van der Waals surface area contributed by atoms with E-state index in [4.69, 9.17) is 0 Å². The Morgan fingerprint density at radius 3 is 2.50 bits per heavy atom. The zero-order chi connectivity index (χ0) is 20.0. The fourth-order valence-corrected chi connectivity index (χ4v) is 5.44. The van der Waals surface area contributed by atoms with Crippen molar-refractivity contribution in [3.63, 3.8) is 0 Å². The Morgan fingerprint density at radius 2 is 1.79 bits per heavy atom. The summed E-state index contributed by atoms with van der Waals surface area (Å²) >= 11 is 1.61. The van der Waals surface area contributed by atoms with Crippen molar-refractivity contribution in [1.29, 1.82) is 0 Å². The minimum atomic E-state index is -3.94. The van der Waals surface area contributed by atoms with Crippen LogP contribution in [0.2, 0.25) is 0 Å². The molecule has 1 N–H and O–H groups in total. The molecule has 0 unspecified atom stereocenters. The second-order valence-electron chi connectivity index (χ2n) is 6.53. The number of carbonyl (C=O) groups is 1. The van der Waals surface area contributed by atoms with Crippen molar-refractivity contribution in [3.8, 4) is 0 Å². The van der Waals surface area contributed by atoms with E-state index in [1.165, 1.54) is 10.4 Å². The van der Waals surface area contributed by atoms with E-state index in [0.29, 0.717) is 25.4 Å². The highest BCUT2D eigenvalue weighted by atomic mass is 32.2. The van der Waals surface area contributed by atoms with E-state index in [0.717, 1.165) is 36.3 Å². The Morgan fingerprint density at radius 1 is 1.07 bits per heavy atom. The largest absolute Gasteiger partial charge is 0.351 e. The van der Waals surface area contributed by atoms with Crippen LogP contribution < -0.4 is 5.32 Å². The molecule has 1 aliphatic rings. The number of thioether (sulfide) groups is 1. The van der Waals surface area contributed by atoms with E-state index in [2.05, 4.69) is 5.32 Å². The molecule has 0 saturated carbocycles. The lowest BCUT2D eigenvalue weighted by Gasteiger charge is -2.26. The third-order valence-corrected chi connectivity index (χ3v) is 7.45. The number of hydrogen-bond donors (Lipinski definition) is 1. The van der Waals surface area contributed by atoms with Crippen LogP contribution in [-0.4, -0.2) is 44.0 Å². The molecule has 0 aliphatic carbocycles. The van der Waals surface area contributed by atoms with Crippen LogP contribution in [0.5, 0.6) is 0 Å². The van der Waals surface area contributed by atoms with Gasteiger partial charge in [-0.15, -0.1) is 11.8 Å². The number of halogens is 1. The minimum absolute atomic E-state index is 0.140. The molecule has 2 aromatic carbocycles. The van der Waals surface area contributed by atoms with Crippen molar-refractivity contribution in [2.45, 2.75) is 29.1 Å². The van der Waals surface area contributed by atoms with Crippen molar-refractivity contribution in [2.75, 3.05) is 25.4 Å². The van der Waals surface area contributed by atoms with E-state index in [1.54, 1.807) is 11.8 Å². The molecule has 150 valence electrons. The molecular formula is C20H23FN2O3S2. The van der Waals surface area contributed by atoms with Crippen LogP contribution in [0.1, 0.15) is 29.6 Å². The summed E-state index contributed by atoms with van der Waals surface area (Å²) in [6.45, 7) is 1.19. The number of carbonyl (C=O) groups excluding carboxylic acids is 1. The fourth-order valence-electron chi connectivity index (χ4n) is 3.04. The van der Waals surface area contributed by atoms with Crippen LogP contribution in [0, 0.1) is 5.82 Å². The van der Waals surface area contributed by atoms with Gasteiger partial charge in [-0.2, -0.15) is 4.31 Å². The minimum Gasteiger partial charge on any atom is -0.351 e. The summed E-state index contributed by atoms with van der Waals surface area (Å²) in [5.41, 5.74) is 0.140. The average Bonchev–Trinajstić information content (AvgIpc) is 2.72. The third-order valence-electron chi connectivity index (χ3n) is 4.53. The number of rotatable bonds is 7. The monoisotopic (exact) mass is 422 g/mol. The molecular weight excluding hydrogens is 399 g/mol. The topological polar surface area (TPSA) is 66.5 Å². The van der Waals surface area contributed by atoms with Gasteiger partial charge in [-0.05, 0) is 43.2 Å². The predicted molar refractivity (Wildman–Crippen MR) is 109 cm³/mol. The molecule has 0 spiro atoms. The lowest BCUT2D eigenvalue weighted by atomic mass is 10.2. The van der Waals surface area contributed by atoms with Crippen molar-refractivity contribution in [2.24, 2.45) is 0 Å². The van der Waals surface area contributed by atoms with Gasteiger partial charge in [-0.3, -0.25) is 4.79 Å². The summed E-state index contributed by atoms with van der Waals surface area (Å²) in [6, 6.07) is 13.3. The molecule has 5 nitrogen and oxygen atoms in total. The van der Waals surface area contributed by atoms with Crippen molar-refractivity contribution in [1.82, 2.24) is 9.62 Å². The number of nitrogens with one attached hydrogen (secondary N) is 1. The van der Waals surface area contributed by atoms with Crippen LogP contribution in [0.4, 0.5) is 4.39 Å². The van der Waals surface area contributed by atoms with Gasteiger partial charge in [0.15, 0.2) is 0 Å². The Bertz CT molecular complexity index is 914. The van der Waals surface area contributed by atoms with Crippen LogP contribution >= 0.6 is 11.8 Å². The molecule has 1 saturated heterocycles. The summed E-state index contributed by atoms with van der Waals surface area (Å²) in [5, 5.41) is 2.76. The second kappa shape index (κ2) is 9.54. The van der Waals surface area contributed by atoms with Crippen LogP contribution in [0.25, 0.3) is 0 Å². The molecule has 0 atom stereocenters. The first-order valence-corrected chi connectivity index (χ1v) is 11.7. The first kappa shape index (κ1) is 20.8. The van der Waals surface area contributed by atoms with E-state index in [-0.39, 0.29) is 5.56 Å². The number of nitrogens with zero attached hydrogens (tertiary/aromatic N) is 1. The maximum atomic E-state index is 14.2. The Balaban J connectivity index is 1.64. The van der Waals surface area contributed by atoms with Gasteiger partial charge in [0, 0.05) is 35.8 Å². The van der Waals surface area contributed by atoms with Gasteiger partial charge in [0.2, 0.25) is 10.0 Å². The SMILES string of the molecule is O=C(NCCSc1ccccc1)c1ccc(F)c(S(=O)(=O)N2CCCCC2)c1. The normalized spacial score (nSPS) is 15.3. The molecule has 0 radical (unpaired) electrons. The molecule has 28 heavy (non-hydrogen) atoms. The number of piperidine rings is 1. The lowest BCUT2D eigenvalue weighted by molar-refractivity contribution is 0.0956. The number of amides is 1. The number of sulfonamides is 1. The first-order valence-electron chi connectivity index (χ1n) is 9.24. The average molecular weight is 423 g/mol. The van der Waals surface area contributed by atoms with E-state index in [9.17, 15) is 17.6 Å². The van der Waals surface area contributed by atoms with Crippen molar-refractivity contribution in [3.05, 3.63) is 59.9 Å². The predicted octanol–water partition coefficient (Wildman–Crippen LogP) is 3.52. The molecule has 1 aliphatic heterocycles. The Labute approximate surface area is 169 Å². The summed E-state index contributed by atoms with van der Waals surface area (Å²) in [6.07, 6.45) is 2.50. The smallest absolute Gasteiger partial charge is 0.251 e. The van der Waals surface area contributed by atoms with E-state index in [1.807, 2.05) is 30.3 Å². The molecule has 1 heterocycles. The fraction of sp³-hybridized carbons (Fsp3) is 0.350. The maximum Gasteiger partial charge on any atom is 0.251 e. The number of benzene rings is 2.